The van der Waals surface area contributed by atoms with Crippen LogP contribution in [0.5, 0.6) is 0 Å². The Morgan fingerprint density at radius 1 is 1.70 bits per heavy atom. The van der Waals surface area contributed by atoms with Gasteiger partial charge in [-0.2, -0.15) is 11.3 Å². The number of nitrogens with one attached hydrogen (secondary N) is 2. The van der Waals surface area contributed by atoms with Crippen LogP contribution in [0.15, 0.2) is 16.8 Å². The third-order valence-electron chi connectivity index (χ3n) is 0.910. The number of thiocarbonyl (C=S) groups is 1. The zero-order valence-corrected chi connectivity index (χ0v) is 6.76. The van der Waals surface area contributed by atoms with Crippen LogP contribution >= 0.6 is 23.6 Å². The molecule has 0 saturated heterocycles. The fraction of sp³-hybridized carbons (Fsp3) is 0. The van der Waals surface area contributed by atoms with Crippen LogP contribution in [0.2, 0.25) is 0 Å². The molecule has 0 aliphatic heterocycles. The van der Waals surface area contributed by atoms with E-state index in [1.807, 2.05) is 16.8 Å². The molecule has 0 unspecified atom stereocenters. The fourth-order valence-corrected chi connectivity index (χ4v) is 1.21. The van der Waals surface area contributed by atoms with Crippen LogP contribution in [0.3, 0.4) is 0 Å². The van der Waals surface area contributed by atoms with Crippen LogP contribution < -0.4 is 16.6 Å². The van der Waals surface area contributed by atoms with Crippen molar-refractivity contribution in [2.24, 2.45) is 5.84 Å². The molecule has 3 nitrogen and oxygen atoms in total. The number of anilines is 1. The molecule has 0 aliphatic carbocycles. The quantitative estimate of drug-likeness (QED) is 0.335. The number of rotatable bonds is 1. The maximum atomic E-state index is 5.04. The van der Waals surface area contributed by atoms with Crippen molar-refractivity contribution in [3.05, 3.63) is 16.8 Å². The van der Waals surface area contributed by atoms with Gasteiger partial charge in [0, 0.05) is 5.38 Å². The van der Waals surface area contributed by atoms with Gasteiger partial charge in [-0.15, -0.1) is 0 Å². The molecule has 0 aliphatic rings. The summed E-state index contributed by atoms with van der Waals surface area (Å²) in [5.41, 5.74) is 3.29. The number of thiophene rings is 1. The van der Waals surface area contributed by atoms with E-state index in [-0.39, 0.29) is 0 Å². The van der Waals surface area contributed by atoms with E-state index in [9.17, 15) is 0 Å². The maximum Gasteiger partial charge on any atom is 0.185 e. The van der Waals surface area contributed by atoms with E-state index >= 15 is 0 Å². The van der Waals surface area contributed by atoms with Gasteiger partial charge in [0.05, 0.1) is 5.69 Å². The molecule has 0 atom stereocenters. The van der Waals surface area contributed by atoms with Gasteiger partial charge >= 0.3 is 0 Å². The van der Waals surface area contributed by atoms with Gasteiger partial charge in [0.15, 0.2) is 5.11 Å². The molecule has 0 fully saturated rings. The molecule has 5 heteroatoms. The topological polar surface area (TPSA) is 50.1 Å². The predicted molar refractivity (Wildman–Crippen MR) is 47.9 cm³/mol. The van der Waals surface area contributed by atoms with Crippen LogP contribution in [0.25, 0.3) is 0 Å². The zero-order valence-electron chi connectivity index (χ0n) is 5.13. The smallest absolute Gasteiger partial charge is 0.185 e. The summed E-state index contributed by atoms with van der Waals surface area (Å²) in [5, 5.41) is 7.21. The standard InChI is InChI=1S/C5H7N3S2/c6-8-5(9)7-4-1-2-10-3-4/h1-3H,6H2,(H2,7,8,9). The van der Waals surface area contributed by atoms with E-state index in [0.717, 1.165) is 5.69 Å². The lowest BCUT2D eigenvalue weighted by molar-refractivity contribution is 1.04. The normalized spacial score (nSPS) is 8.90. The van der Waals surface area contributed by atoms with Crippen molar-refractivity contribution in [1.29, 1.82) is 0 Å². The summed E-state index contributed by atoms with van der Waals surface area (Å²) in [6.07, 6.45) is 0. The summed E-state index contributed by atoms with van der Waals surface area (Å²) in [7, 11) is 0. The lowest BCUT2D eigenvalue weighted by Crippen LogP contribution is -2.33. The summed E-state index contributed by atoms with van der Waals surface area (Å²) >= 11 is 6.36. The lowest BCUT2D eigenvalue weighted by Gasteiger charge is -2.02. The third-order valence-corrected chi connectivity index (χ3v) is 1.81. The molecule has 0 aromatic carbocycles. The first-order chi connectivity index (χ1) is 4.83. The van der Waals surface area contributed by atoms with Crippen molar-refractivity contribution in [1.82, 2.24) is 5.43 Å². The van der Waals surface area contributed by atoms with Crippen LogP contribution in [0.1, 0.15) is 0 Å². The van der Waals surface area contributed by atoms with Crippen LogP contribution in [-0.4, -0.2) is 5.11 Å². The van der Waals surface area contributed by atoms with E-state index in [2.05, 4.69) is 10.7 Å². The summed E-state index contributed by atoms with van der Waals surface area (Å²) in [4.78, 5) is 0. The molecule has 0 amide bonds. The van der Waals surface area contributed by atoms with E-state index in [1.54, 1.807) is 11.3 Å². The van der Waals surface area contributed by atoms with Crippen molar-refractivity contribution < 1.29 is 0 Å². The van der Waals surface area contributed by atoms with E-state index in [0.29, 0.717) is 5.11 Å². The Bertz CT molecular complexity index is 207. The second-order valence-corrected chi connectivity index (χ2v) is 2.80. The van der Waals surface area contributed by atoms with Crippen molar-refractivity contribution in [3.63, 3.8) is 0 Å². The Labute approximate surface area is 68.2 Å². The fourth-order valence-electron chi connectivity index (χ4n) is 0.503. The molecular formula is C5H7N3S2. The SMILES string of the molecule is NNC(=S)Nc1ccsc1. The molecule has 1 rings (SSSR count). The van der Waals surface area contributed by atoms with Crippen molar-refractivity contribution in [2.45, 2.75) is 0 Å². The van der Waals surface area contributed by atoms with Crippen LogP contribution in [-0.2, 0) is 0 Å². The molecule has 0 bridgehead atoms. The van der Waals surface area contributed by atoms with Gasteiger partial charge in [-0.05, 0) is 23.7 Å². The molecule has 54 valence electrons. The van der Waals surface area contributed by atoms with Gasteiger partial charge in [-0.3, -0.25) is 0 Å². The Morgan fingerprint density at radius 3 is 3.00 bits per heavy atom. The van der Waals surface area contributed by atoms with Gasteiger partial charge in [-0.1, -0.05) is 0 Å². The Morgan fingerprint density at radius 2 is 2.50 bits per heavy atom. The number of hydrazine groups is 1. The number of hydrogen-bond donors (Lipinski definition) is 3. The Kier molecular flexibility index (Phi) is 2.61. The molecule has 0 radical (unpaired) electrons. The largest absolute Gasteiger partial charge is 0.331 e. The van der Waals surface area contributed by atoms with E-state index in [1.165, 1.54) is 0 Å². The van der Waals surface area contributed by atoms with Crippen molar-refractivity contribution in [2.75, 3.05) is 5.32 Å². The molecule has 1 aromatic rings. The second kappa shape index (κ2) is 3.50. The minimum atomic E-state index is 0.429. The van der Waals surface area contributed by atoms with Gasteiger partial charge in [0.2, 0.25) is 0 Å². The highest BCUT2D eigenvalue weighted by atomic mass is 32.1. The average molecular weight is 173 g/mol. The third kappa shape index (κ3) is 1.94. The first kappa shape index (κ1) is 7.46. The molecule has 10 heavy (non-hydrogen) atoms. The van der Waals surface area contributed by atoms with Gasteiger partial charge in [-0.25, -0.2) is 5.84 Å². The maximum absolute atomic E-state index is 5.04. The highest BCUT2D eigenvalue weighted by Gasteiger charge is 1.92. The van der Waals surface area contributed by atoms with E-state index in [4.69, 9.17) is 18.1 Å². The monoisotopic (exact) mass is 173 g/mol. The van der Waals surface area contributed by atoms with Gasteiger partial charge in [0.25, 0.3) is 0 Å². The highest BCUT2D eigenvalue weighted by molar-refractivity contribution is 7.80. The van der Waals surface area contributed by atoms with Gasteiger partial charge < -0.3 is 10.7 Å². The average Bonchev–Trinajstić information content (AvgIpc) is 2.40. The minimum Gasteiger partial charge on any atom is -0.331 e. The van der Waals surface area contributed by atoms with E-state index < -0.39 is 0 Å². The molecule has 1 heterocycles. The summed E-state index contributed by atoms with van der Waals surface area (Å²) in [5.74, 6) is 5.04. The minimum absolute atomic E-state index is 0.429. The lowest BCUT2D eigenvalue weighted by atomic mass is 10.5. The summed E-state index contributed by atoms with van der Waals surface area (Å²) < 4.78 is 0. The predicted octanol–water partition coefficient (Wildman–Crippen LogP) is 0.908. The zero-order chi connectivity index (χ0) is 7.40. The first-order valence-corrected chi connectivity index (χ1v) is 3.98. The molecule has 1 aromatic heterocycles. The number of nitrogens with two attached hydrogens (primary N) is 1. The molecular weight excluding hydrogens is 166 g/mol. The van der Waals surface area contributed by atoms with Crippen molar-refractivity contribution >= 4 is 34.4 Å². The molecule has 4 N–H and O–H groups in total. The van der Waals surface area contributed by atoms with Crippen molar-refractivity contribution in [3.8, 4) is 0 Å². The first-order valence-electron chi connectivity index (χ1n) is 2.62. The van der Waals surface area contributed by atoms with Crippen LogP contribution in [0, 0.1) is 0 Å². The molecule has 0 spiro atoms. The highest BCUT2D eigenvalue weighted by Crippen LogP contribution is 2.10. The summed E-state index contributed by atoms with van der Waals surface area (Å²) in [6.45, 7) is 0. The molecule has 0 saturated carbocycles. The Balaban J connectivity index is 2.48. The van der Waals surface area contributed by atoms with Gasteiger partial charge in [0.1, 0.15) is 0 Å². The van der Waals surface area contributed by atoms with Crippen LogP contribution in [0.4, 0.5) is 5.69 Å². The Hall–Kier alpha value is -0.650. The second-order valence-electron chi connectivity index (χ2n) is 1.61. The summed E-state index contributed by atoms with van der Waals surface area (Å²) in [6, 6.07) is 1.92. The number of hydrogen-bond acceptors (Lipinski definition) is 3.